The molecule has 1 fully saturated rings. The standard InChI is InChI=1S/C25H23N3O4S/c1-2-31-15-9-10-17-19(12-15)33-25(27-17)28-21(14-6-5-11-26-13-14)20-22(29)16-7-3-4-8-18(16)32-23(20)24(28)30/h5-6,9-13,16,18,21H,2-4,7-8H2,1H3. The third-order valence-electron chi connectivity index (χ3n) is 6.63. The molecule has 3 atom stereocenters. The van der Waals surface area contributed by atoms with Gasteiger partial charge in [-0.25, -0.2) is 4.98 Å². The molecule has 33 heavy (non-hydrogen) atoms. The fraction of sp³-hybridized carbons (Fsp3) is 0.360. The normalized spacial score (nSPS) is 24.6. The van der Waals surface area contributed by atoms with Gasteiger partial charge < -0.3 is 9.47 Å². The number of amides is 1. The zero-order valence-corrected chi connectivity index (χ0v) is 19.0. The summed E-state index contributed by atoms with van der Waals surface area (Å²) in [5.41, 5.74) is 2.00. The number of hydrogen-bond donors (Lipinski definition) is 0. The monoisotopic (exact) mass is 461 g/mol. The van der Waals surface area contributed by atoms with Crippen LogP contribution in [0.5, 0.6) is 5.75 Å². The third kappa shape index (κ3) is 3.23. The number of ketones is 1. The number of nitrogens with zero attached hydrogens (tertiary/aromatic N) is 3. The molecule has 8 heteroatoms. The van der Waals surface area contributed by atoms with Gasteiger partial charge >= 0.3 is 0 Å². The second-order valence-corrected chi connectivity index (χ2v) is 9.59. The van der Waals surface area contributed by atoms with Crippen molar-refractivity contribution in [1.82, 2.24) is 9.97 Å². The molecule has 3 aromatic rings. The highest BCUT2D eigenvalue weighted by Crippen LogP contribution is 2.49. The molecule has 1 amide bonds. The Kier molecular flexibility index (Phi) is 4.90. The molecular weight excluding hydrogens is 438 g/mol. The number of ether oxygens (including phenoxy) is 2. The van der Waals surface area contributed by atoms with Crippen molar-refractivity contribution in [3.05, 3.63) is 59.6 Å². The fourth-order valence-electron chi connectivity index (χ4n) is 5.15. The van der Waals surface area contributed by atoms with Crippen molar-refractivity contribution in [2.75, 3.05) is 11.5 Å². The number of anilines is 1. The van der Waals surface area contributed by atoms with Gasteiger partial charge in [0, 0.05) is 12.4 Å². The molecule has 6 rings (SSSR count). The maximum absolute atomic E-state index is 13.7. The van der Waals surface area contributed by atoms with Crippen LogP contribution in [0.1, 0.15) is 44.2 Å². The molecule has 4 heterocycles. The Balaban J connectivity index is 1.47. The maximum Gasteiger partial charge on any atom is 0.296 e. The first-order valence-electron chi connectivity index (χ1n) is 11.4. The van der Waals surface area contributed by atoms with Crippen molar-refractivity contribution in [1.29, 1.82) is 0 Å². The smallest absolute Gasteiger partial charge is 0.296 e. The van der Waals surface area contributed by atoms with E-state index in [9.17, 15) is 9.59 Å². The Morgan fingerprint density at radius 2 is 2.09 bits per heavy atom. The summed E-state index contributed by atoms with van der Waals surface area (Å²) >= 11 is 1.41. The van der Waals surface area contributed by atoms with E-state index >= 15 is 0 Å². The van der Waals surface area contributed by atoms with Gasteiger partial charge in [0.05, 0.1) is 34.4 Å². The number of carbonyl (C=O) groups excluding carboxylic acids is 2. The molecule has 0 spiro atoms. The van der Waals surface area contributed by atoms with E-state index in [1.807, 2.05) is 37.3 Å². The quantitative estimate of drug-likeness (QED) is 0.565. The molecular formula is C25H23N3O4S. The molecule has 0 saturated heterocycles. The molecule has 2 aliphatic heterocycles. The number of hydrogen-bond acceptors (Lipinski definition) is 7. The molecule has 2 aromatic heterocycles. The first kappa shape index (κ1) is 20.4. The van der Waals surface area contributed by atoms with Gasteiger partial charge in [-0.3, -0.25) is 19.5 Å². The maximum atomic E-state index is 13.7. The number of Topliss-reactive ketones (excluding diaryl/α,β-unsaturated/α-hetero) is 1. The van der Waals surface area contributed by atoms with E-state index in [2.05, 4.69) is 4.98 Å². The van der Waals surface area contributed by atoms with Crippen LogP contribution < -0.4 is 9.64 Å². The summed E-state index contributed by atoms with van der Waals surface area (Å²) in [5.74, 6) is 0.488. The van der Waals surface area contributed by atoms with Crippen LogP contribution in [-0.4, -0.2) is 34.4 Å². The van der Waals surface area contributed by atoms with Crippen molar-refractivity contribution in [2.24, 2.45) is 5.92 Å². The first-order valence-corrected chi connectivity index (χ1v) is 12.2. The van der Waals surface area contributed by atoms with Crippen LogP contribution in [0.25, 0.3) is 10.2 Å². The predicted octanol–water partition coefficient (Wildman–Crippen LogP) is 4.59. The molecule has 3 unspecified atom stereocenters. The molecule has 0 bridgehead atoms. The molecule has 1 aliphatic carbocycles. The van der Waals surface area contributed by atoms with Crippen molar-refractivity contribution < 1.29 is 19.1 Å². The average molecular weight is 462 g/mol. The van der Waals surface area contributed by atoms with E-state index in [0.29, 0.717) is 17.3 Å². The van der Waals surface area contributed by atoms with Gasteiger partial charge in [0.1, 0.15) is 11.9 Å². The summed E-state index contributed by atoms with van der Waals surface area (Å²) in [6.07, 6.45) is 6.81. The molecule has 1 aromatic carbocycles. The zero-order chi connectivity index (χ0) is 22.5. The second-order valence-electron chi connectivity index (χ2n) is 8.58. The average Bonchev–Trinajstić information content (AvgIpc) is 3.38. The van der Waals surface area contributed by atoms with Gasteiger partial charge in [0.15, 0.2) is 16.7 Å². The van der Waals surface area contributed by atoms with Crippen LogP contribution in [0.4, 0.5) is 5.13 Å². The number of rotatable bonds is 4. The van der Waals surface area contributed by atoms with Crippen LogP contribution in [0.15, 0.2) is 54.1 Å². The minimum absolute atomic E-state index is 0.0328. The van der Waals surface area contributed by atoms with E-state index in [1.165, 1.54) is 11.3 Å². The number of benzene rings is 1. The summed E-state index contributed by atoms with van der Waals surface area (Å²) in [7, 11) is 0. The van der Waals surface area contributed by atoms with Gasteiger partial charge in [0.25, 0.3) is 5.91 Å². The Labute approximate surface area is 195 Å². The molecule has 168 valence electrons. The van der Waals surface area contributed by atoms with Crippen LogP contribution in [0.2, 0.25) is 0 Å². The van der Waals surface area contributed by atoms with Crippen LogP contribution in [-0.2, 0) is 14.3 Å². The number of carbonyl (C=O) groups is 2. The van der Waals surface area contributed by atoms with Crippen molar-refractivity contribution in [3.8, 4) is 5.75 Å². The largest absolute Gasteiger partial charge is 0.494 e. The lowest BCUT2D eigenvalue weighted by Gasteiger charge is -2.35. The number of fused-ring (bicyclic) bond motifs is 2. The lowest BCUT2D eigenvalue weighted by Crippen LogP contribution is -2.39. The highest BCUT2D eigenvalue weighted by molar-refractivity contribution is 7.22. The van der Waals surface area contributed by atoms with Gasteiger partial charge in [-0.2, -0.15) is 0 Å². The van der Waals surface area contributed by atoms with Gasteiger partial charge in [-0.1, -0.05) is 23.8 Å². The van der Waals surface area contributed by atoms with Crippen molar-refractivity contribution >= 4 is 38.4 Å². The van der Waals surface area contributed by atoms with E-state index in [1.54, 1.807) is 17.3 Å². The number of pyridine rings is 1. The Morgan fingerprint density at radius 3 is 2.91 bits per heavy atom. The third-order valence-corrected chi connectivity index (χ3v) is 7.65. The minimum atomic E-state index is -0.594. The van der Waals surface area contributed by atoms with Gasteiger partial charge in [-0.05, 0) is 56.0 Å². The topological polar surface area (TPSA) is 81.6 Å². The summed E-state index contributed by atoms with van der Waals surface area (Å²) in [6, 6.07) is 8.83. The summed E-state index contributed by atoms with van der Waals surface area (Å²) in [4.78, 5) is 38.0. The van der Waals surface area contributed by atoms with Crippen LogP contribution >= 0.6 is 11.3 Å². The van der Waals surface area contributed by atoms with E-state index in [0.717, 1.165) is 47.2 Å². The summed E-state index contributed by atoms with van der Waals surface area (Å²) < 4.78 is 12.8. The Morgan fingerprint density at radius 1 is 1.21 bits per heavy atom. The van der Waals surface area contributed by atoms with Crippen molar-refractivity contribution in [3.63, 3.8) is 0 Å². The first-order chi connectivity index (χ1) is 16.2. The van der Waals surface area contributed by atoms with Gasteiger partial charge in [0.2, 0.25) is 0 Å². The highest BCUT2D eigenvalue weighted by Gasteiger charge is 2.53. The Bertz CT molecular complexity index is 1290. The van der Waals surface area contributed by atoms with E-state index in [-0.39, 0.29) is 29.5 Å². The van der Waals surface area contributed by atoms with Crippen LogP contribution in [0, 0.1) is 5.92 Å². The fourth-order valence-corrected chi connectivity index (χ4v) is 6.17. The number of aromatic nitrogens is 2. The number of thiazole rings is 1. The van der Waals surface area contributed by atoms with Crippen molar-refractivity contribution in [2.45, 2.75) is 44.8 Å². The summed E-state index contributed by atoms with van der Waals surface area (Å²) in [6.45, 7) is 2.51. The second kappa shape index (κ2) is 7.95. The summed E-state index contributed by atoms with van der Waals surface area (Å²) in [5, 5.41) is 0.534. The highest BCUT2D eigenvalue weighted by atomic mass is 32.1. The molecule has 0 N–H and O–H groups in total. The molecule has 1 saturated carbocycles. The molecule has 0 radical (unpaired) electrons. The van der Waals surface area contributed by atoms with E-state index < -0.39 is 6.04 Å². The lowest BCUT2D eigenvalue weighted by molar-refractivity contribution is -0.131. The van der Waals surface area contributed by atoms with Crippen LogP contribution in [0.3, 0.4) is 0 Å². The van der Waals surface area contributed by atoms with Gasteiger partial charge in [-0.15, -0.1) is 0 Å². The minimum Gasteiger partial charge on any atom is -0.494 e. The Hall–Kier alpha value is -3.26. The lowest BCUT2D eigenvalue weighted by atomic mass is 9.78. The zero-order valence-electron chi connectivity index (χ0n) is 18.2. The van der Waals surface area contributed by atoms with E-state index in [4.69, 9.17) is 14.5 Å². The SMILES string of the molecule is CCOc1ccc2nc(N3C(=O)C4=C(C(=O)C5CCCCC5O4)C3c3cccnc3)sc2c1. The molecule has 7 nitrogen and oxygen atoms in total. The predicted molar refractivity (Wildman–Crippen MR) is 124 cm³/mol. The molecule has 3 aliphatic rings.